The summed E-state index contributed by atoms with van der Waals surface area (Å²) in [5, 5.41) is 0. The van der Waals surface area contributed by atoms with Gasteiger partial charge < -0.3 is 4.90 Å². The monoisotopic (exact) mass is 257 g/mol. The first-order valence-corrected chi connectivity index (χ1v) is 7.38. The first-order chi connectivity index (χ1) is 9.24. The fourth-order valence-electron chi connectivity index (χ4n) is 3.78. The minimum Gasteiger partial charge on any atom is -0.332 e. The van der Waals surface area contributed by atoms with Gasteiger partial charge in [-0.05, 0) is 32.6 Å². The Balaban J connectivity index is 1.69. The molecule has 1 aromatic heterocycles. The van der Waals surface area contributed by atoms with Crippen molar-refractivity contribution in [3.05, 3.63) is 23.3 Å². The van der Waals surface area contributed by atoms with Crippen molar-refractivity contribution < 1.29 is 4.79 Å². The number of carbonyl (C=O) groups is 1. The standard InChI is InChI=1S/C15H19N3O/c1-9-16-8-12-13(17-9)7-11-5-6-14(12)18(11)15(19)10-3-2-4-10/h8,10-11,14H,2-7H2,1H3/t11-,14+/m0/s1. The van der Waals surface area contributed by atoms with E-state index < -0.39 is 0 Å². The third kappa shape index (κ3) is 1.62. The van der Waals surface area contributed by atoms with Crippen LogP contribution in [0, 0.1) is 12.8 Å². The first kappa shape index (κ1) is 11.4. The quantitative estimate of drug-likeness (QED) is 0.774. The Morgan fingerprint density at radius 3 is 2.89 bits per heavy atom. The van der Waals surface area contributed by atoms with Gasteiger partial charge in [-0.2, -0.15) is 0 Å². The lowest BCUT2D eigenvalue weighted by Crippen LogP contribution is -2.46. The molecule has 0 unspecified atom stereocenters. The van der Waals surface area contributed by atoms with E-state index in [0.717, 1.165) is 37.9 Å². The van der Waals surface area contributed by atoms with Gasteiger partial charge in [0.2, 0.25) is 5.91 Å². The maximum Gasteiger partial charge on any atom is 0.226 e. The van der Waals surface area contributed by atoms with E-state index in [1.807, 2.05) is 13.1 Å². The molecule has 2 aliphatic heterocycles. The van der Waals surface area contributed by atoms with Gasteiger partial charge in [0.25, 0.3) is 0 Å². The van der Waals surface area contributed by atoms with Crippen LogP contribution in [-0.4, -0.2) is 26.8 Å². The Morgan fingerprint density at radius 1 is 1.32 bits per heavy atom. The largest absolute Gasteiger partial charge is 0.332 e. The van der Waals surface area contributed by atoms with Gasteiger partial charge in [0.05, 0.1) is 11.7 Å². The number of aromatic nitrogens is 2. The highest BCUT2D eigenvalue weighted by molar-refractivity contribution is 5.81. The van der Waals surface area contributed by atoms with E-state index in [9.17, 15) is 4.79 Å². The van der Waals surface area contributed by atoms with Crippen LogP contribution < -0.4 is 0 Å². The van der Waals surface area contributed by atoms with Crippen LogP contribution in [0.1, 0.15) is 55.2 Å². The van der Waals surface area contributed by atoms with E-state index in [4.69, 9.17) is 0 Å². The molecule has 4 nitrogen and oxygen atoms in total. The molecule has 2 atom stereocenters. The lowest BCUT2D eigenvalue weighted by atomic mass is 9.83. The van der Waals surface area contributed by atoms with Gasteiger partial charge in [0.1, 0.15) is 5.82 Å². The van der Waals surface area contributed by atoms with E-state index in [2.05, 4.69) is 14.9 Å². The Labute approximate surface area is 113 Å². The number of aryl methyl sites for hydroxylation is 1. The molecule has 100 valence electrons. The van der Waals surface area contributed by atoms with Crippen molar-refractivity contribution in [1.29, 1.82) is 0 Å². The predicted octanol–water partition coefficient (Wildman–Crippen LogP) is 2.17. The molecule has 1 saturated carbocycles. The molecule has 3 heterocycles. The summed E-state index contributed by atoms with van der Waals surface area (Å²) in [5.74, 6) is 1.54. The molecule has 4 heteroatoms. The van der Waals surface area contributed by atoms with Crippen LogP contribution in [0.15, 0.2) is 6.20 Å². The molecule has 1 amide bonds. The summed E-state index contributed by atoms with van der Waals surface area (Å²) >= 11 is 0. The smallest absolute Gasteiger partial charge is 0.226 e. The molecule has 0 aromatic carbocycles. The van der Waals surface area contributed by atoms with Crippen molar-refractivity contribution in [3.63, 3.8) is 0 Å². The van der Waals surface area contributed by atoms with Crippen LogP contribution >= 0.6 is 0 Å². The van der Waals surface area contributed by atoms with Gasteiger partial charge in [0.15, 0.2) is 0 Å². The van der Waals surface area contributed by atoms with Crippen molar-refractivity contribution >= 4 is 5.91 Å². The molecule has 0 spiro atoms. The summed E-state index contributed by atoms with van der Waals surface area (Å²) in [6.07, 6.45) is 8.48. The average Bonchev–Trinajstić information content (AvgIpc) is 2.62. The molecular formula is C15H19N3O. The van der Waals surface area contributed by atoms with Gasteiger partial charge in [-0.3, -0.25) is 4.79 Å². The molecule has 1 saturated heterocycles. The van der Waals surface area contributed by atoms with Gasteiger partial charge in [-0.25, -0.2) is 9.97 Å². The molecular weight excluding hydrogens is 238 g/mol. The summed E-state index contributed by atoms with van der Waals surface area (Å²) in [4.78, 5) is 23.7. The van der Waals surface area contributed by atoms with Crippen LogP contribution in [0.2, 0.25) is 0 Å². The van der Waals surface area contributed by atoms with Crippen LogP contribution in [0.5, 0.6) is 0 Å². The second-order valence-electron chi connectivity index (χ2n) is 6.14. The zero-order chi connectivity index (χ0) is 13.0. The number of hydrogen-bond acceptors (Lipinski definition) is 3. The predicted molar refractivity (Wildman–Crippen MR) is 70.4 cm³/mol. The van der Waals surface area contributed by atoms with Gasteiger partial charge in [-0.15, -0.1) is 0 Å². The molecule has 1 aromatic rings. The highest BCUT2D eigenvalue weighted by Crippen LogP contribution is 2.45. The molecule has 3 aliphatic rings. The highest BCUT2D eigenvalue weighted by atomic mass is 16.2. The minimum absolute atomic E-state index is 0.252. The van der Waals surface area contributed by atoms with Crippen LogP contribution in [0.3, 0.4) is 0 Å². The van der Waals surface area contributed by atoms with Crippen molar-refractivity contribution in [2.24, 2.45) is 5.92 Å². The fraction of sp³-hybridized carbons (Fsp3) is 0.667. The summed E-state index contributed by atoms with van der Waals surface area (Å²) in [6, 6.07) is 0.641. The topological polar surface area (TPSA) is 46.1 Å². The third-order valence-corrected chi connectivity index (χ3v) is 5.02. The Bertz CT molecular complexity index is 538. The lowest BCUT2D eigenvalue weighted by Gasteiger charge is -2.39. The minimum atomic E-state index is 0.252. The van der Waals surface area contributed by atoms with Crippen LogP contribution in [0.4, 0.5) is 0 Å². The Hall–Kier alpha value is -1.45. The maximum atomic E-state index is 12.6. The number of amides is 1. The molecule has 2 bridgehead atoms. The zero-order valence-corrected chi connectivity index (χ0v) is 11.3. The van der Waals surface area contributed by atoms with E-state index in [1.54, 1.807) is 0 Å². The van der Waals surface area contributed by atoms with E-state index >= 15 is 0 Å². The summed E-state index contributed by atoms with van der Waals surface area (Å²) in [6.45, 7) is 1.94. The van der Waals surface area contributed by atoms with Crippen LogP contribution in [-0.2, 0) is 11.2 Å². The number of hydrogen-bond donors (Lipinski definition) is 0. The van der Waals surface area contributed by atoms with E-state index in [1.165, 1.54) is 17.7 Å². The number of fused-ring (bicyclic) bond motifs is 4. The molecule has 1 aliphatic carbocycles. The summed E-state index contributed by atoms with van der Waals surface area (Å²) in [5.41, 5.74) is 2.38. The number of nitrogens with zero attached hydrogens (tertiary/aromatic N) is 3. The second-order valence-corrected chi connectivity index (χ2v) is 6.14. The summed E-state index contributed by atoms with van der Waals surface area (Å²) in [7, 11) is 0. The third-order valence-electron chi connectivity index (χ3n) is 5.02. The van der Waals surface area contributed by atoms with Crippen molar-refractivity contribution in [2.75, 3.05) is 0 Å². The molecule has 2 fully saturated rings. The zero-order valence-electron chi connectivity index (χ0n) is 11.3. The number of carbonyl (C=O) groups excluding carboxylic acids is 1. The van der Waals surface area contributed by atoms with Crippen LogP contribution in [0.25, 0.3) is 0 Å². The van der Waals surface area contributed by atoms with Gasteiger partial charge >= 0.3 is 0 Å². The fourth-order valence-corrected chi connectivity index (χ4v) is 3.78. The van der Waals surface area contributed by atoms with Gasteiger partial charge in [0, 0.05) is 30.1 Å². The van der Waals surface area contributed by atoms with E-state index in [-0.39, 0.29) is 6.04 Å². The van der Waals surface area contributed by atoms with Crippen molar-refractivity contribution in [1.82, 2.24) is 14.9 Å². The molecule has 0 radical (unpaired) electrons. The van der Waals surface area contributed by atoms with E-state index in [0.29, 0.717) is 17.9 Å². The first-order valence-electron chi connectivity index (χ1n) is 7.38. The van der Waals surface area contributed by atoms with Crippen molar-refractivity contribution in [3.8, 4) is 0 Å². The second kappa shape index (κ2) is 4.02. The normalized spacial score (nSPS) is 29.0. The Morgan fingerprint density at radius 2 is 2.16 bits per heavy atom. The van der Waals surface area contributed by atoms with Gasteiger partial charge in [-0.1, -0.05) is 6.42 Å². The molecule has 4 rings (SSSR count). The molecule has 19 heavy (non-hydrogen) atoms. The Kier molecular flexibility index (Phi) is 2.41. The maximum absolute atomic E-state index is 12.6. The van der Waals surface area contributed by atoms with Crippen molar-refractivity contribution in [2.45, 2.75) is 57.5 Å². The summed E-state index contributed by atoms with van der Waals surface area (Å²) < 4.78 is 0. The SMILES string of the molecule is Cc1ncc2c(n1)C[C@@H]1CC[C@H]2N1C(=O)C1CCC1. The highest BCUT2D eigenvalue weighted by Gasteiger charge is 2.45. The lowest BCUT2D eigenvalue weighted by molar-refractivity contribution is -0.141. The molecule has 0 N–H and O–H groups in total. The number of rotatable bonds is 1. The average molecular weight is 257 g/mol.